The third kappa shape index (κ3) is 5.00. The average Bonchev–Trinajstić information content (AvgIpc) is 1.63. The number of nitrogens with one attached hydrogen (secondary N) is 2. The quantitative estimate of drug-likeness (QED) is 0.421. The van der Waals surface area contributed by atoms with Crippen molar-refractivity contribution < 1.29 is 4.79 Å². The Balaban J connectivity index is 3.39. The number of carbonyl (C=O) groups is 1. The minimum absolute atomic E-state index is 0.0648. The standard InChI is InChI=1S/C6H12N2O/c1-3-4-6(9)8-5(2)7/h3-4H2,1-2H3,(H2,7,8,9). The summed E-state index contributed by atoms with van der Waals surface area (Å²) in [5.41, 5.74) is 0. The van der Waals surface area contributed by atoms with Gasteiger partial charge in [0.05, 0.1) is 5.84 Å². The van der Waals surface area contributed by atoms with Crippen molar-refractivity contribution in [2.45, 2.75) is 26.7 Å². The minimum atomic E-state index is -0.0648. The molecule has 0 saturated heterocycles. The summed E-state index contributed by atoms with van der Waals surface area (Å²) in [7, 11) is 0. The second kappa shape index (κ2) is 4.06. The van der Waals surface area contributed by atoms with E-state index in [4.69, 9.17) is 5.41 Å². The van der Waals surface area contributed by atoms with Crippen LogP contribution in [-0.2, 0) is 4.79 Å². The average molecular weight is 128 g/mol. The van der Waals surface area contributed by atoms with E-state index >= 15 is 0 Å². The van der Waals surface area contributed by atoms with Gasteiger partial charge in [0.15, 0.2) is 0 Å². The van der Waals surface area contributed by atoms with Crippen LogP contribution in [0.5, 0.6) is 0 Å². The number of hydrogen-bond acceptors (Lipinski definition) is 2. The Morgan fingerprint density at radius 1 is 1.67 bits per heavy atom. The molecule has 2 N–H and O–H groups in total. The van der Waals surface area contributed by atoms with E-state index < -0.39 is 0 Å². The smallest absolute Gasteiger partial charge is 0.225 e. The Kier molecular flexibility index (Phi) is 3.67. The first kappa shape index (κ1) is 8.14. The molecule has 0 aliphatic heterocycles. The first-order chi connectivity index (χ1) is 4.16. The molecule has 0 aromatic rings. The van der Waals surface area contributed by atoms with Crippen LogP contribution in [0.4, 0.5) is 0 Å². The van der Waals surface area contributed by atoms with Crippen LogP contribution in [0.15, 0.2) is 0 Å². The number of hydrogen-bond donors (Lipinski definition) is 2. The molecule has 0 spiro atoms. The third-order valence-electron chi connectivity index (χ3n) is 0.804. The van der Waals surface area contributed by atoms with Crippen molar-refractivity contribution in [3.8, 4) is 0 Å². The van der Waals surface area contributed by atoms with Gasteiger partial charge in [-0.15, -0.1) is 0 Å². The molecule has 52 valence electrons. The van der Waals surface area contributed by atoms with E-state index in [1.807, 2.05) is 6.92 Å². The van der Waals surface area contributed by atoms with Gasteiger partial charge in [-0.05, 0) is 13.3 Å². The van der Waals surface area contributed by atoms with E-state index in [0.29, 0.717) is 6.42 Å². The zero-order chi connectivity index (χ0) is 7.28. The summed E-state index contributed by atoms with van der Waals surface area (Å²) in [5.74, 6) is 0.151. The van der Waals surface area contributed by atoms with E-state index in [9.17, 15) is 4.79 Å². The van der Waals surface area contributed by atoms with Crippen molar-refractivity contribution >= 4 is 11.7 Å². The molecule has 0 atom stereocenters. The van der Waals surface area contributed by atoms with Gasteiger partial charge in [0.25, 0.3) is 0 Å². The molecule has 0 radical (unpaired) electrons. The lowest BCUT2D eigenvalue weighted by molar-refractivity contribution is -0.119. The monoisotopic (exact) mass is 128 g/mol. The van der Waals surface area contributed by atoms with E-state index in [1.54, 1.807) is 6.92 Å². The fraction of sp³-hybridized carbons (Fsp3) is 0.667. The van der Waals surface area contributed by atoms with Gasteiger partial charge in [-0.25, -0.2) is 0 Å². The molecule has 0 heterocycles. The van der Waals surface area contributed by atoms with Gasteiger partial charge < -0.3 is 5.32 Å². The summed E-state index contributed by atoms with van der Waals surface area (Å²) in [6, 6.07) is 0. The maximum absolute atomic E-state index is 10.6. The fourth-order valence-corrected chi connectivity index (χ4v) is 0.499. The molecule has 0 aliphatic carbocycles. The highest BCUT2D eigenvalue weighted by Gasteiger charge is 1.96. The van der Waals surface area contributed by atoms with Crippen LogP contribution in [0.1, 0.15) is 26.7 Å². The predicted octanol–water partition coefficient (Wildman–Crippen LogP) is 0.900. The minimum Gasteiger partial charge on any atom is -0.315 e. The Morgan fingerprint density at radius 2 is 2.22 bits per heavy atom. The van der Waals surface area contributed by atoms with Gasteiger partial charge in [-0.3, -0.25) is 10.2 Å². The maximum Gasteiger partial charge on any atom is 0.225 e. The Morgan fingerprint density at radius 3 is 2.56 bits per heavy atom. The summed E-state index contributed by atoms with van der Waals surface area (Å²) in [4.78, 5) is 10.6. The zero-order valence-corrected chi connectivity index (χ0v) is 5.82. The van der Waals surface area contributed by atoms with Crippen LogP contribution >= 0.6 is 0 Å². The number of amides is 1. The second-order valence-corrected chi connectivity index (χ2v) is 1.92. The van der Waals surface area contributed by atoms with Crippen molar-refractivity contribution in [2.24, 2.45) is 0 Å². The van der Waals surface area contributed by atoms with Gasteiger partial charge in [-0.1, -0.05) is 6.92 Å². The van der Waals surface area contributed by atoms with Crippen LogP contribution in [0.2, 0.25) is 0 Å². The highest BCUT2D eigenvalue weighted by molar-refractivity contribution is 5.95. The third-order valence-corrected chi connectivity index (χ3v) is 0.804. The molecule has 9 heavy (non-hydrogen) atoms. The van der Waals surface area contributed by atoms with Crippen molar-refractivity contribution in [3.05, 3.63) is 0 Å². The molecule has 1 amide bonds. The molecule has 0 rings (SSSR count). The lowest BCUT2D eigenvalue weighted by Crippen LogP contribution is -2.26. The van der Waals surface area contributed by atoms with Gasteiger partial charge in [0.1, 0.15) is 0 Å². The molecule has 0 saturated carbocycles. The van der Waals surface area contributed by atoms with Crippen LogP contribution < -0.4 is 5.32 Å². The van der Waals surface area contributed by atoms with Gasteiger partial charge in [-0.2, -0.15) is 0 Å². The molecule has 0 fully saturated rings. The van der Waals surface area contributed by atoms with Gasteiger partial charge in [0, 0.05) is 6.42 Å². The Hall–Kier alpha value is -0.860. The molecular weight excluding hydrogens is 116 g/mol. The Labute approximate surface area is 55.0 Å². The van der Waals surface area contributed by atoms with E-state index in [2.05, 4.69) is 5.32 Å². The molecule has 0 bridgehead atoms. The van der Waals surface area contributed by atoms with Crippen molar-refractivity contribution in [2.75, 3.05) is 0 Å². The summed E-state index contributed by atoms with van der Waals surface area (Å²) in [5, 5.41) is 9.26. The SMILES string of the molecule is CCCC(=O)NC(C)=N. The van der Waals surface area contributed by atoms with Crippen LogP contribution in [-0.4, -0.2) is 11.7 Å². The highest BCUT2D eigenvalue weighted by Crippen LogP contribution is 1.84. The van der Waals surface area contributed by atoms with E-state index in [0.717, 1.165) is 6.42 Å². The summed E-state index contributed by atoms with van der Waals surface area (Å²) >= 11 is 0. The first-order valence-electron chi connectivity index (χ1n) is 3.01. The molecule has 0 aromatic carbocycles. The largest absolute Gasteiger partial charge is 0.315 e. The van der Waals surface area contributed by atoms with Crippen LogP contribution in [0.3, 0.4) is 0 Å². The molecular formula is C6H12N2O. The summed E-state index contributed by atoms with van der Waals surface area (Å²) in [6.07, 6.45) is 1.34. The lowest BCUT2D eigenvalue weighted by atomic mass is 10.3. The predicted molar refractivity (Wildman–Crippen MR) is 36.5 cm³/mol. The first-order valence-corrected chi connectivity index (χ1v) is 3.01. The normalized spacial score (nSPS) is 8.67. The summed E-state index contributed by atoms with van der Waals surface area (Å²) < 4.78 is 0. The highest BCUT2D eigenvalue weighted by atomic mass is 16.1. The van der Waals surface area contributed by atoms with Gasteiger partial charge in [0.2, 0.25) is 5.91 Å². The molecule has 0 aliphatic rings. The molecule has 3 heteroatoms. The molecule has 0 unspecified atom stereocenters. The van der Waals surface area contributed by atoms with Crippen molar-refractivity contribution in [3.63, 3.8) is 0 Å². The molecule has 0 aromatic heterocycles. The Bertz CT molecular complexity index is 120. The van der Waals surface area contributed by atoms with E-state index in [1.165, 1.54) is 0 Å². The van der Waals surface area contributed by atoms with Gasteiger partial charge >= 0.3 is 0 Å². The zero-order valence-electron chi connectivity index (χ0n) is 5.82. The summed E-state index contributed by atoms with van der Waals surface area (Å²) in [6.45, 7) is 3.48. The fourth-order valence-electron chi connectivity index (χ4n) is 0.499. The maximum atomic E-state index is 10.6. The van der Waals surface area contributed by atoms with Crippen molar-refractivity contribution in [1.82, 2.24) is 5.32 Å². The lowest BCUT2D eigenvalue weighted by Gasteiger charge is -1.98. The second-order valence-electron chi connectivity index (χ2n) is 1.92. The number of carbonyl (C=O) groups excluding carboxylic acids is 1. The molecule has 3 nitrogen and oxygen atoms in total. The van der Waals surface area contributed by atoms with E-state index in [-0.39, 0.29) is 11.7 Å². The van der Waals surface area contributed by atoms with Crippen LogP contribution in [0, 0.1) is 5.41 Å². The van der Waals surface area contributed by atoms with Crippen molar-refractivity contribution in [1.29, 1.82) is 5.41 Å². The van der Waals surface area contributed by atoms with Crippen LogP contribution in [0.25, 0.3) is 0 Å². The number of rotatable bonds is 2. The topological polar surface area (TPSA) is 53.0 Å². The number of amidine groups is 1.